The Labute approximate surface area is 91.8 Å². The van der Waals surface area contributed by atoms with E-state index >= 15 is 0 Å². The van der Waals surface area contributed by atoms with E-state index in [1.54, 1.807) is 24.3 Å². The van der Waals surface area contributed by atoms with Crippen molar-refractivity contribution in [2.75, 3.05) is 6.54 Å². The normalized spacial score (nSPS) is 15.4. The number of carbonyl (C=O) groups excluding carboxylic acids is 1. The number of rotatable bonds is 2. The van der Waals surface area contributed by atoms with Crippen LogP contribution in [0.15, 0.2) is 36.0 Å². The highest BCUT2D eigenvalue weighted by molar-refractivity contribution is 6.02. The van der Waals surface area contributed by atoms with E-state index < -0.39 is 5.97 Å². The second-order valence-corrected chi connectivity index (χ2v) is 3.32. The molecule has 1 amide bonds. The van der Waals surface area contributed by atoms with Crippen LogP contribution in [0.5, 0.6) is 0 Å². The predicted octanol–water partition coefficient (Wildman–Crippen LogP) is 0.159. The van der Waals surface area contributed by atoms with Crippen LogP contribution in [0.2, 0.25) is 0 Å². The fraction of sp³-hybridized carbons (Fsp3) is 0.0909. The maximum Gasteiger partial charge on any atom is 0.354 e. The lowest BCUT2D eigenvalue weighted by Crippen LogP contribution is -2.42. The molecule has 0 radical (unpaired) electrons. The molecule has 0 spiro atoms. The molecule has 0 saturated carbocycles. The van der Waals surface area contributed by atoms with Gasteiger partial charge in [-0.05, 0) is 0 Å². The summed E-state index contributed by atoms with van der Waals surface area (Å²) in [6.45, 7) is 0.0843. The first-order valence-corrected chi connectivity index (χ1v) is 4.75. The molecule has 0 aromatic heterocycles. The fourth-order valence-electron chi connectivity index (χ4n) is 1.51. The highest BCUT2D eigenvalue weighted by Gasteiger charge is 2.23. The maximum atomic E-state index is 11.1. The molecule has 82 valence electrons. The first-order chi connectivity index (χ1) is 7.68. The molecule has 1 aliphatic heterocycles. The van der Waals surface area contributed by atoms with E-state index in [0.717, 1.165) is 5.56 Å². The topological polar surface area (TPSA) is 78.4 Å². The van der Waals surface area contributed by atoms with Gasteiger partial charge in [-0.2, -0.15) is 0 Å². The Bertz CT molecular complexity index is 465. The summed E-state index contributed by atoms with van der Waals surface area (Å²) in [5.74, 6) is -1.50. The Hall–Kier alpha value is -2.30. The zero-order valence-corrected chi connectivity index (χ0v) is 8.36. The molecule has 16 heavy (non-hydrogen) atoms. The molecule has 0 bridgehead atoms. The van der Waals surface area contributed by atoms with E-state index in [9.17, 15) is 9.59 Å². The molecule has 0 saturated heterocycles. The highest BCUT2D eigenvalue weighted by Crippen LogP contribution is 2.16. The van der Waals surface area contributed by atoms with Crippen molar-refractivity contribution in [3.8, 4) is 0 Å². The molecule has 5 heteroatoms. The number of aliphatic carboxylic acids is 1. The Morgan fingerprint density at radius 3 is 2.56 bits per heavy atom. The summed E-state index contributed by atoms with van der Waals surface area (Å²) in [7, 11) is 0. The Kier molecular flexibility index (Phi) is 2.59. The number of carboxylic acids is 1. The summed E-state index contributed by atoms with van der Waals surface area (Å²) in [6.07, 6.45) is 0. The maximum absolute atomic E-state index is 11.1. The molecule has 0 unspecified atom stereocenters. The van der Waals surface area contributed by atoms with Crippen LogP contribution in [0.4, 0.5) is 0 Å². The average molecular weight is 218 g/mol. The van der Waals surface area contributed by atoms with E-state index in [0.29, 0.717) is 5.70 Å². The number of amides is 1. The lowest BCUT2D eigenvalue weighted by molar-refractivity contribution is -0.134. The summed E-state index contributed by atoms with van der Waals surface area (Å²) >= 11 is 0. The van der Waals surface area contributed by atoms with Crippen LogP contribution in [-0.4, -0.2) is 23.5 Å². The molecule has 0 fully saturated rings. The Morgan fingerprint density at radius 2 is 1.94 bits per heavy atom. The minimum Gasteiger partial charge on any atom is -0.477 e. The van der Waals surface area contributed by atoms with E-state index in [2.05, 4.69) is 10.6 Å². The molecule has 1 aliphatic rings. The minimum atomic E-state index is -1.15. The van der Waals surface area contributed by atoms with Gasteiger partial charge in [-0.25, -0.2) is 4.79 Å². The quantitative estimate of drug-likeness (QED) is 0.660. The van der Waals surface area contributed by atoms with Gasteiger partial charge in [-0.3, -0.25) is 4.79 Å². The zero-order chi connectivity index (χ0) is 11.5. The SMILES string of the molecule is O=C1CNC(c2ccccc2)=C(C(=O)O)N1. The van der Waals surface area contributed by atoms with Gasteiger partial charge in [0.25, 0.3) is 0 Å². The molecule has 1 aromatic carbocycles. The fourth-order valence-corrected chi connectivity index (χ4v) is 1.51. The van der Waals surface area contributed by atoms with Gasteiger partial charge in [0.05, 0.1) is 12.2 Å². The molecule has 1 heterocycles. The molecule has 0 atom stereocenters. The molecule has 3 N–H and O–H groups in total. The summed E-state index contributed by atoms with van der Waals surface area (Å²) < 4.78 is 0. The third-order valence-corrected chi connectivity index (χ3v) is 2.22. The van der Waals surface area contributed by atoms with Gasteiger partial charge in [-0.1, -0.05) is 30.3 Å². The van der Waals surface area contributed by atoms with Crippen molar-refractivity contribution in [1.82, 2.24) is 10.6 Å². The zero-order valence-electron chi connectivity index (χ0n) is 8.36. The first kappa shape index (κ1) is 10.2. The second-order valence-electron chi connectivity index (χ2n) is 3.32. The van der Waals surface area contributed by atoms with Gasteiger partial charge in [0.1, 0.15) is 0 Å². The molecule has 1 aromatic rings. The van der Waals surface area contributed by atoms with Crippen molar-refractivity contribution >= 4 is 17.6 Å². The van der Waals surface area contributed by atoms with Crippen LogP contribution in [0.3, 0.4) is 0 Å². The molecule has 5 nitrogen and oxygen atoms in total. The van der Waals surface area contributed by atoms with Gasteiger partial charge in [0, 0.05) is 5.56 Å². The van der Waals surface area contributed by atoms with E-state index in [1.165, 1.54) is 0 Å². The van der Waals surface area contributed by atoms with Crippen molar-refractivity contribution in [1.29, 1.82) is 0 Å². The van der Waals surface area contributed by atoms with Gasteiger partial charge in [0.15, 0.2) is 5.70 Å². The molecular formula is C11H10N2O3. The van der Waals surface area contributed by atoms with Crippen LogP contribution >= 0.6 is 0 Å². The molecule has 0 aliphatic carbocycles. The summed E-state index contributed by atoms with van der Waals surface area (Å²) in [5, 5.41) is 14.1. The van der Waals surface area contributed by atoms with E-state index in [1.807, 2.05) is 6.07 Å². The third kappa shape index (κ3) is 1.88. The van der Waals surface area contributed by atoms with Gasteiger partial charge >= 0.3 is 5.97 Å². The van der Waals surface area contributed by atoms with E-state index in [4.69, 9.17) is 5.11 Å². The summed E-state index contributed by atoms with van der Waals surface area (Å²) in [5.41, 5.74) is 1.06. The number of hydrogen-bond acceptors (Lipinski definition) is 3. The number of carbonyl (C=O) groups is 2. The van der Waals surface area contributed by atoms with Crippen molar-refractivity contribution < 1.29 is 14.7 Å². The average Bonchev–Trinajstić information content (AvgIpc) is 2.30. The standard InChI is InChI=1S/C11H10N2O3/c14-8-6-12-9(10(13-8)11(15)16)7-4-2-1-3-5-7/h1-5,12H,6H2,(H,13,14)(H,15,16). The van der Waals surface area contributed by atoms with Crippen LogP contribution < -0.4 is 10.6 Å². The third-order valence-electron chi connectivity index (χ3n) is 2.22. The van der Waals surface area contributed by atoms with Crippen molar-refractivity contribution in [3.05, 3.63) is 41.6 Å². The predicted molar refractivity (Wildman–Crippen MR) is 57.1 cm³/mol. The summed E-state index contributed by atoms with van der Waals surface area (Å²) in [4.78, 5) is 22.1. The van der Waals surface area contributed by atoms with Gasteiger partial charge in [0.2, 0.25) is 5.91 Å². The van der Waals surface area contributed by atoms with Crippen LogP contribution in [0.1, 0.15) is 5.56 Å². The largest absolute Gasteiger partial charge is 0.477 e. The Morgan fingerprint density at radius 1 is 1.25 bits per heavy atom. The van der Waals surface area contributed by atoms with Crippen molar-refractivity contribution in [2.24, 2.45) is 0 Å². The minimum absolute atomic E-state index is 0.0843. The number of carboxylic acid groups (broad SMARTS) is 1. The monoisotopic (exact) mass is 218 g/mol. The number of benzene rings is 1. The van der Waals surface area contributed by atoms with Crippen LogP contribution in [-0.2, 0) is 9.59 Å². The molecular weight excluding hydrogens is 208 g/mol. The Balaban J connectivity index is 2.47. The smallest absolute Gasteiger partial charge is 0.354 e. The van der Waals surface area contributed by atoms with Crippen LogP contribution in [0, 0.1) is 0 Å². The number of hydrogen-bond donors (Lipinski definition) is 3. The van der Waals surface area contributed by atoms with E-state index in [-0.39, 0.29) is 18.1 Å². The summed E-state index contributed by atoms with van der Waals surface area (Å²) in [6, 6.07) is 9.01. The number of nitrogens with one attached hydrogen (secondary N) is 2. The van der Waals surface area contributed by atoms with Crippen LogP contribution in [0.25, 0.3) is 5.70 Å². The van der Waals surface area contributed by atoms with Crippen molar-refractivity contribution in [3.63, 3.8) is 0 Å². The lowest BCUT2D eigenvalue weighted by atomic mass is 10.1. The molecule has 2 rings (SSSR count). The lowest BCUT2D eigenvalue weighted by Gasteiger charge is -2.20. The van der Waals surface area contributed by atoms with Crippen molar-refractivity contribution in [2.45, 2.75) is 0 Å². The highest BCUT2D eigenvalue weighted by atomic mass is 16.4. The second kappa shape index (κ2) is 4.06. The van der Waals surface area contributed by atoms with Gasteiger partial charge < -0.3 is 15.7 Å². The first-order valence-electron chi connectivity index (χ1n) is 4.75. The van der Waals surface area contributed by atoms with Gasteiger partial charge in [-0.15, -0.1) is 0 Å².